The summed E-state index contributed by atoms with van der Waals surface area (Å²) in [5, 5.41) is 4.19. The molecular weight excluding hydrogens is 250 g/mol. The van der Waals surface area contributed by atoms with Crippen LogP contribution in [-0.2, 0) is 7.05 Å². The van der Waals surface area contributed by atoms with Gasteiger partial charge in [-0.1, -0.05) is 18.2 Å². The molecule has 0 N–H and O–H groups in total. The van der Waals surface area contributed by atoms with Crippen molar-refractivity contribution < 1.29 is 0 Å². The van der Waals surface area contributed by atoms with E-state index in [1.54, 1.807) is 15.3 Å². The summed E-state index contributed by atoms with van der Waals surface area (Å²) in [6, 6.07) is 11.3. The fourth-order valence-electron chi connectivity index (χ4n) is 2.28. The van der Waals surface area contributed by atoms with Crippen molar-refractivity contribution in [1.29, 1.82) is 0 Å². The Morgan fingerprint density at radius 2 is 1.85 bits per heavy atom. The van der Waals surface area contributed by atoms with Gasteiger partial charge in [-0.25, -0.2) is 0 Å². The summed E-state index contributed by atoms with van der Waals surface area (Å²) < 4.78 is 3.42. The van der Waals surface area contributed by atoms with Gasteiger partial charge < -0.3 is 0 Å². The molecule has 0 amide bonds. The number of pyridine rings is 1. The standard InChI is InChI=1S/C16H15N3O/c1-12-8-16(20)19(14-6-4-3-5-7-14)11-15(12)13-9-17-18(2)10-13/h3-11H,1-2H3. The van der Waals surface area contributed by atoms with E-state index >= 15 is 0 Å². The van der Waals surface area contributed by atoms with Gasteiger partial charge in [-0.15, -0.1) is 0 Å². The lowest BCUT2D eigenvalue weighted by Gasteiger charge is -2.10. The van der Waals surface area contributed by atoms with Crippen LogP contribution in [0.15, 0.2) is 59.8 Å². The van der Waals surface area contributed by atoms with Gasteiger partial charge in [0.25, 0.3) is 5.56 Å². The molecule has 0 saturated carbocycles. The molecular formula is C16H15N3O. The van der Waals surface area contributed by atoms with Crippen LogP contribution in [0, 0.1) is 6.92 Å². The first-order chi connectivity index (χ1) is 9.65. The molecule has 0 spiro atoms. The number of hydrogen-bond acceptors (Lipinski definition) is 2. The monoisotopic (exact) mass is 265 g/mol. The summed E-state index contributed by atoms with van der Waals surface area (Å²) in [7, 11) is 1.88. The molecule has 2 aromatic heterocycles. The smallest absolute Gasteiger partial charge is 0.255 e. The van der Waals surface area contributed by atoms with Crippen molar-refractivity contribution in [2.75, 3.05) is 0 Å². The normalized spacial score (nSPS) is 10.7. The molecule has 0 saturated heterocycles. The summed E-state index contributed by atoms with van der Waals surface area (Å²) in [4.78, 5) is 12.2. The SMILES string of the molecule is Cc1cc(=O)n(-c2ccccc2)cc1-c1cnn(C)c1. The fraction of sp³-hybridized carbons (Fsp3) is 0.125. The van der Waals surface area contributed by atoms with Crippen molar-refractivity contribution in [3.05, 3.63) is 70.9 Å². The topological polar surface area (TPSA) is 39.8 Å². The second-order valence-electron chi connectivity index (χ2n) is 4.82. The highest BCUT2D eigenvalue weighted by molar-refractivity contribution is 5.65. The van der Waals surface area contributed by atoms with Crippen molar-refractivity contribution in [3.8, 4) is 16.8 Å². The molecule has 100 valence electrons. The molecule has 0 fully saturated rings. The molecule has 0 atom stereocenters. The van der Waals surface area contributed by atoms with E-state index in [0.717, 1.165) is 22.4 Å². The van der Waals surface area contributed by atoms with Crippen LogP contribution in [0.25, 0.3) is 16.8 Å². The molecule has 2 heterocycles. The number of nitrogens with zero attached hydrogens (tertiary/aromatic N) is 3. The summed E-state index contributed by atoms with van der Waals surface area (Å²) in [6.45, 7) is 1.94. The van der Waals surface area contributed by atoms with E-state index in [0.29, 0.717) is 0 Å². The van der Waals surface area contributed by atoms with Crippen LogP contribution in [0.5, 0.6) is 0 Å². The molecule has 0 unspecified atom stereocenters. The lowest BCUT2D eigenvalue weighted by atomic mass is 10.1. The van der Waals surface area contributed by atoms with Gasteiger partial charge in [0, 0.05) is 42.3 Å². The molecule has 0 radical (unpaired) electrons. The van der Waals surface area contributed by atoms with Gasteiger partial charge in [-0.2, -0.15) is 5.10 Å². The zero-order valence-corrected chi connectivity index (χ0v) is 11.4. The Balaban J connectivity index is 2.21. The number of para-hydroxylation sites is 1. The number of aromatic nitrogens is 3. The van der Waals surface area contributed by atoms with Gasteiger partial charge in [-0.05, 0) is 24.6 Å². The first kappa shape index (κ1) is 12.4. The van der Waals surface area contributed by atoms with Crippen molar-refractivity contribution in [3.63, 3.8) is 0 Å². The molecule has 0 aliphatic rings. The Labute approximate surface area is 116 Å². The Kier molecular flexibility index (Phi) is 2.99. The van der Waals surface area contributed by atoms with Gasteiger partial charge in [0.15, 0.2) is 0 Å². The molecule has 3 rings (SSSR count). The van der Waals surface area contributed by atoms with E-state index in [9.17, 15) is 4.79 Å². The third kappa shape index (κ3) is 2.16. The van der Waals surface area contributed by atoms with Crippen LogP contribution in [-0.4, -0.2) is 14.3 Å². The Morgan fingerprint density at radius 3 is 2.50 bits per heavy atom. The van der Waals surface area contributed by atoms with Gasteiger partial charge in [0.05, 0.1) is 6.20 Å². The fourth-order valence-corrected chi connectivity index (χ4v) is 2.28. The number of rotatable bonds is 2. The van der Waals surface area contributed by atoms with Crippen molar-refractivity contribution in [2.24, 2.45) is 7.05 Å². The number of hydrogen-bond donors (Lipinski definition) is 0. The molecule has 3 aromatic rings. The van der Waals surface area contributed by atoms with E-state index in [4.69, 9.17) is 0 Å². The minimum Gasteiger partial charge on any atom is -0.284 e. The second-order valence-corrected chi connectivity index (χ2v) is 4.82. The van der Waals surface area contributed by atoms with Crippen molar-refractivity contribution in [1.82, 2.24) is 14.3 Å². The third-order valence-corrected chi connectivity index (χ3v) is 3.31. The highest BCUT2D eigenvalue weighted by Crippen LogP contribution is 2.22. The summed E-state index contributed by atoms with van der Waals surface area (Å²) in [6.07, 6.45) is 5.63. The molecule has 20 heavy (non-hydrogen) atoms. The lowest BCUT2D eigenvalue weighted by molar-refractivity contribution is 0.768. The summed E-state index contributed by atoms with van der Waals surface area (Å²) in [5.74, 6) is 0. The highest BCUT2D eigenvalue weighted by Gasteiger charge is 2.08. The van der Waals surface area contributed by atoms with Crippen LogP contribution in [0.4, 0.5) is 0 Å². The summed E-state index contributed by atoms with van der Waals surface area (Å²) in [5.41, 5.74) is 3.82. The van der Waals surface area contributed by atoms with Gasteiger partial charge in [0.2, 0.25) is 0 Å². The summed E-state index contributed by atoms with van der Waals surface area (Å²) >= 11 is 0. The number of benzene rings is 1. The molecule has 0 bridgehead atoms. The average molecular weight is 265 g/mol. The van der Waals surface area contributed by atoms with Gasteiger partial charge in [0.1, 0.15) is 0 Å². The van der Waals surface area contributed by atoms with Crippen LogP contribution in [0.1, 0.15) is 5.56 Å². The lowest BCUT2D eigenvalue weighted by Crippen LogP contribution is -2.17. The predicted octanol–water partition coefficient (Wildman–Crippen LogP) is 2.55. The van der Waals surface area contributed by atoms with E-state index in [-0.39, 0.29) is 5.56 Å². The van der Waals surface area contributed by atoms with Crippen LogP contribution in [0.2, 0.25) is 0 Å². The molecule has 1 aromatic carbocycles. The van der Waals surface area contributed by atoms with Gasteiger partial charge >= 0.3 is 0 Å². The molecule has 0 aliphatic carbocycles. The Morgan fingerprint density at radius 1 is 1.10 bits per heavy atom. The van der Waals surface area contributed by atoms with Crippen LogP contribution >= 0.6 is 0 Å². The van der Waals surface area contributed by atoms with Crippen LogP contribution < -0.4 is 5.56 Å². The number of aryl methyl sites for hydroxylation is 2. The van der Waals surface area contributed by atoms with Crippen molar-refractivity contribution in [2.45, 2.75) is 6.92 Å². The second kappa shape index (κ2) is 4.81. The van der Waals surface area contributed by atoms with E-state index in [1.165, 1.54) is 0 Å². The zero-order chi connectivity index (χ0) is 14.1. The Bertz CT molecular complexity index is 800. The minimum atomic E-state index is -0.0265. The maximum atomic E-state index is 12.2. The first-order valence-corrected chi connectivity index (χ1v) is 6.43. The van der Waals surface area contributed by atoms with Crippen molar-refractivity contribution >= 4 is 0 Å². The quantitative estimate of drug-likeness (QED) is 0.714. The van der Waals surface area contributed by atoms with E-state index in [2.05, 4.69) is 5.10 Å². The largest absolute Gasteiger partial charge is 0.284 e. The van der Waals surface area contributed by atoms with E-state index < -0.39 is 0 Å². The minimum absolute atomic E-state index is 0.0265. The maximum absolute atomic E-state index is 12.2. The third-order valence-electron chi connectivity index (χ3n) is 3.31. The molecule has 4 nitrogen and oxygen atoms in total. The zero-order valence-electron chi connectivity index (χ0n) is 11.4. The molecule has 0 aliphatic heterocycles. The predicted molar refractivity (Wildman–Crippen MR) is 79.0 cm³/mol. The Hall–Kier alpha value is -2.62. The van der Waals surface area contributed by atoms with Crippen LogP contribution in [0.3, 0.4) is 0 Å². The van der Waals surface area contributed by atoms with E-state index in [1.807, 2.05) is 62.9 Å². The molecule has 4 heteroatoms. The average Bonchev–Trinajstić information content (AvgIpc) is 2.86. The highest BCUT2D eigenvalue weighted by atomic mass is 16.1. The first-order valence-electron chi connectivity index (χ1n) is 6.43. The van der Waals surface area contributed by atoms with Gasteiger partial charge in [-0.3, -0.25) is 14.0 Å². The maximum Gasteiger partial charge on any atom is 0.255 e.